The molecule has 3 rings (SSSR count). The Morgan fingerprint density at radius 3 is 2.15 bits per heavy atom. The molecule has 0 saturated carbocycles. The van der Waals surface area contributed by atoms with E-state index in [2.05, 4.69) is 67.4 Å². The molecule has 0 fully saturated rings. The molecule has 0 atom stereocenters. The third-order valence-electron chi connectivity index (χ3n) is 3.48. The maximum Gasteiger partial charge on any atom is 0.0708 e. The average molecular weight is 259 g/mol. The molecule has 1 nitrogen and oxygen atoms in total. The molecule has 3 aromatic rings. The molecule has 0 aliphatic carbocycles. The van der Waals surface area contributed by atoms with Crippen LogP contribution in [0, 0.1) is 13.8 Å². The van der Waals surface area contributed by atoms with E-state index in [0.717, 1.165) is 5.69 Å². The maximum atomic E-state index is 4.49. The Balaban J connectivity index is 2.19. The Morgan fingerprint density at radius 1 is 0.700 bits per heavy atom. The molecule has 0 spiro atoms. The Hall–Kier alpha value is -2.41. The second kappa shape index (κ2) is 5.30. The molecular formula is C19H17N. The van der Waals surface area contributed by atoms with E-state index in [9.17, 15) is 0 Å². The van der Waals surface area contributed by atoms with E-state index in [1.54, 1.807) is 0 Å². The number of benzene rings is 2. The molecule has 2 aromatic carbocycles. The van der Waals surface area contributed by atoms with Gasteiger partial charge in [0.05, 0.1) is 5.69 Å². The van der Waals surface area contributed by atoms with E-state index in [1.807, 2.05) is 18.3 Å². The number of aryl methyl sites for hydroxylation is 2. The summed E-state index contributed by atoms with van der Waals surface area (Å²) in [6.07, 6.45) is 1.84. The van der Waals surface area contributed by atoms with Gasteiger partial charge in [-0.25, -0.2) is 0 Å². The lowest BCUT2D eigenvalue weighted by Gasteiger charge is -2.11. The van der Waals surface area contributed by atoms with Gasteiger partial charge >= 0.3 is 0 Å². The van der Waals surface area contributed by atoms with Crippen molar-refractivity contribution in [1.29, 1.82) is 0 Å². The summed E-state index contributed by atoms with van der Waals surface area (Å²) >= 11 is 0. The standard InChI is InChI=1S/C19H17N/c1-14-6-9-16(10-7-14)17-11-8-15(2)13-18(17)19-5-3-4-12-20-19/h3-13H,1-2H3. The van der Waals surface area contributed by atoms with Gasteiger partial charge in [-0.2, -0.15) is 0 Å². The molecule has 0 amide bonds. The monoisotopic (exact) mass is 259 g/mol. The highest BCUT2D eigenvalue weighted by molar-refractivity contribution is 5.82. The lowest BCUT2D eigenvalue weighted by molar-refractivity contribution is 1.32. The highest BCUT2D eigenvalue weighted by Crippen LogP contribution is 2.31. The highest BCUT2D eigenvalue weighted by atomic mass is 14.7. The zero-order valence-corrected chi connectivity index (χ0v) is 11.8. The summed E-state index contributed by atoms with van der Waals surface area (Å²) in [6.45, 7) is 4.23. The molecule has 20 heavy (non-hydrogen) atoms. The number of rotatable bonds is 2. The zero-order valence-electron chi connectivity index (χ0n) is 11.8. The van der Waals surface area contributed by atoms with E-state index in [1.165, 1.54) is 27.8 Å². The molecule has 0 unspecified atom stereocenters. The van der Waals surface area contributed by atoms with Crippen LogP contribution in [0.4, 0.5) is 0 Å². The molecule has 0 radical (unpaired) electrons. The summed E-state index contributed by atoms with van der Waals surface area (Å²) in [5.74, 6) is 0. The van der Waals surface area contributed by atoms with Gasteiger partial charge in [0.1, 0.15) is 0 Å². The van der Waals surface area contributed by atoms with Crippen molar-refractivity contribution in [2.75, 3.05) is 0 Å². The molecule has 98 valence electrons. The molecule has 0 aliphatic rings. The number of aromatic nitrogens is 1. The van der Waals surface area contributed by atoms with Crippen LogP contribution in [0.5, 0.6) is 0 Å². The first-order valence-electron chi connectivity index (χ1n) is 6.83. The van der Waals surface area contributed by atoms with Crippen molar-refractivity contribution in [3.8, 4) is 22.4 Å². The number of hydrogen-bond donors (Lipinski definition) is 0. The fraction of sp³-hybridized carbons (Fsp3) is 0.105. The number of hydrogen-bond acceptors (Lipinski definition) is 1. The van der Waals surface area contributed by atoms with Crippen molar-refractivity contribution in [1.82, 2.24) is 4.98 Å². The van der Waals surface area contributed by atoms with Crippen LogP contribution in [0.1, 0.15) is 11.1 Å². The number of nitrogens with zero attached hydrogens (tertiary/aromatic N) is 1. The third-order valence-corrected chi connectivity index (χ3v) is 3.48. The van der Waals surface area contributed by atoms with Crippen LogP contribution in [-0.4, -0.2) is 4.98 Å². The highest BCUT2D eigenvalue weighted by Gasteiger charge is 2.08. The van der Waals surface area contributed by atoms with Crippen molar-refractivity contribution in [2.24, 2.45) is 0 Å². The Morgan fingerprint density at radius 2 is 1.45 bits per heavy atom. The summed E-state index contributed by atoms with van der Waals surface area (Å²) in [5, 5.41) is 0. The predicted octanol–water partition coefficient (Wildman–Crippen LogP) is 5.03. The molecule has 1 heterocycles. The van der Waals surface area contributed by atoms with E-state index >= 15 is 0 Å². The van der Waals surface area contributed by atoms with Crippen molar-refractivity contribution < 1.29 is 0 Å². The van der Waals surface area contributed by atoms with Crippen molar-refractivity contribution in [3.63, 3.8) is 0 Å². The molecule has 0 N–H and O–H groups in total. The lowest BCUT2D eigenvalue weighted by atomic mass is 9.95. The molecule has 0 saturated heterocycles. The summed E-state index contributed by atoms with van der Waals surface area (Å²) in [4.78, 5) is 4.49. The topological polar surface area (TPSA) is 12.9 Å². The smallest absolute Gasteiger partial charge is 0.0708 e. The maximum absolute atomic E-state index is 4.49. The molecule has 1 aromatic heterocycles. The second-order valence-corrected chi connectivity index (χ2v) is 5.13. The molecule has 0 aliphatic heterocycles. The van der Waals surface area contributed by atoms with Crippen molar-refractivity contribution in [3.05, 3.63) is 78.0 Å². The SMILES string of the molecule is Cc1ccc(-c2ccc(C)cc2-c2ccccn2)cc1. The molecular weight excluding hydrogens is 242 g/mol. The Bertz CT molecular complexity index is 713. The Kier molecular flexibility index (Phi) is 3.34. The second-order valence-electron chi connectivity index (χ2n) is 5.13. The lowest BCUT2D eigenvalue weighted by Crippen LogP contribution is -1.89. The third kappa shape index (κ3) is 2.48. The van der Waals surface area contributed by atoms with Gasteiger partial charge in [-0.3, -0.25) is 4.98 Å². The van der Waals surface area contributed by atoms with Gasteiger partial charge in [-0.15, -0.1) is 0 Å². The minimum absolute atomic E-state index is 1.02. The zero-order chi connectivity index (χ0) is 13.9. The normalized spacial score (nSPS) is 10.5. The predicted molar refractivity (Wildman–Crippen MR) is 84.6 cm³/mol. The molecule has 0 bridgehead atoms. The summed E-state index contributed by atoms with van der Waals surface area (Å²) in [7, 11) is 0. The van der Waals surface area contributed by atoms with Gasteiger partial charge in [-0.05, 0) is 43.2 Å². The minimum Gasteiger partial charge on any atom is -0.256 e. The quantitative estimate of drug-likeness (QED) is 0.628. The van der Waals surface area contributed by atoms with E-state index < -0.39 is 0 Å². The summed E-state index contributed by atoms with van der Waals surface area (Å²) in [5.41, 5.74) is 7.20. The summed E-state index contributed by atoms with van der Waals surface area (Å²) in [6, 6.07) is 21.2. The minimum atomic E-state index is 1.02. The fourth-order valence-corrected chi connectivity index (χ4v) is 2.38. The van der Waals surface area contributed by atoms with E-state index in [0.29, 0.717) is 0 Å². The fourth-order valence-electron chi connectivity index (χ4n) is 2.38. The van der Waals surface area contributed by atoms with Crippen LogP contribution in [0.15, 0.2) is 66.9 Å². The van der Waals surface area contributed by atoms with Crippen LogP contribution in [0.3, 0.4) is 0 Å². The first kappa shape index (κ1) is 12.6. The van der Waals surface area contributed by atoms with E-state index in [-0.39, 0.29) is 0 Å². The van der Waals surface area contributed by atoms with Gasteiger partial charge in [0.15, 0.2) is 0 Å². The van der Waals surface area contributed by atoms with E-state index in [4.69, 9.17) is 0 Å². The van der Waals surface area contributed by atoms with Crippen molar-refractivity contribution in [2.45, 2.75) is 13.8 Å². The average Bonchev–Trinajstić information content (AvgIpc) is 2.49. The van der Waals surface area contributed by atoms with Crippen molar-refractivity contribution >= 4 is 0 Å². The summed E-state index contributed by atoms with van der Waals surface area (Å²) < 4.78 is 0. The molecule has 1 heteroatoms. The largest absolute Gasteiger partial charge is 0.256 e. The van der Waals surface area contributed by atoms with Gasteiger partial charge in [0.2, 0.25) is 0 Å². The van der Waals surface area contributed by atoms with Crippen LogP contribution in [0.2, 0.25) is 0 Å². The first-order chi connectivity index (χ1) is 9.74. The van der Waals surface area contributed by atoms with Crippen LogP contribution in [-0.2, 0) is 0 Å². The van der Waals surface area contributed by atoms with Gasteiger partial charge in [0, 0.05) is 11.8 Å². The van der Waals surface area contributed by atoms with Crippen LogP contribution >= 0.6 is 0 Å². The first-order valence-corrected chi connectivity index (χ1v) is 6.83. The van der Waals surface area contributed by atoms with Gasteiger partial charge < -0.3 is 0 Å². The van der Waals surface area contributed by atoms with Crippen LogP contribution in [0.25, 0.3) is 22.4 Å². The Labute approximate surface area is 119 Å². The van der Waals surface area contributed by atoms with Gasteiger partial charge in [-0.1, -0.05) is 53.6 Å². The van der Waals surface area contributed by atoms with Gasteiger partial charge in [0.25, 0.3) is 0 Å². The number of pyridine rings is 1. The van der Waals surface area contributed by atoms with Crippen LogP contribution < -0.4 is 0 Å².